The van der Waals surface area contributed by atoms with E-state index in [0.29, 0.717) is 0 Å². The zero-order valence-corrected chi connectivity index (χ0v) is 19.9. The Balaban J connectivity index is 1.43. The van der Waals surface area contributed by atoms with E-state index in [4.69, 9.17) is 14.7 Å². The Kier molecular flexibility index (Phi) is 9.06. The number of aromatic nitrogens is 2. The van der Waals surface area contributed by atoms with E-state index in [2.05, 4.69) is 37.0 Å². The molecule has 1 fully saturated rings. The van der Waals surface area contributed by atoms with Gasteiger partial charge in [0.1, 0.15) is 31.4 Å². The number of ether oxygens (including phenoxy) is 1. The van der Waals surface area contributed by atoms with Gasteiger partial charge in [-0.05, 0) is 25.7 Å². The Labute approximate surface area is 184 Å². The molecule has 0 unspecified atom stereocenters. The molecule has 0 saturated carbocycles. The number of rotatable bonds is 12. The molecule has 1 aliphatic heterocycles. The first-order valence-electron chi connectivity index (χ1n) is 11.1. The summed E-state index contributed by atoms with van der Waals surface area (Å²) in [4.78, 5) is 9.62. The predicted octanol–water partition coefficient (Wildman–Crippen LogP) is 4.42. The van der Waals surface area contributed by atoms with Crippen LogP contribution in [0.25, 0.3) is 0 Å². The molecule has 0 radical (unpaired) electrons. The van der Waals surface area contributed by atoms with Gasteiger partial charge in [0.05, 0.1) is 29.4 Å². The smallest absolute Gasteiger partial charge is 0.122 e. The van der Waals surface area contributed by atoms with Crippen LogP contribution >= 0.6 is 22.7 Å². The maximum Gasteiger partial charge on any atom is 0.122 e. The van der Waals surface area contributed by atoms with Crippen molar-refractivity contribution >= 4 is 22.7 Å². The minimum absolute atomic E-state index is 0.255. The zero-order valence-electron chi connectivity index (χ0n) is 18.3. The lowest BCUT2D eigenvalue weighted by molar-refractivity contribution is -0.933. The third kappa shape index (κ3) is 7.40. The number of nitrogens with zero attached hydrogens (tertiary/aromatic N) is 3. The van der Waals surface area contributed by atoms with Crippen LogP contribution in [0.4, 0.5) is 0 Å². The van der Waals surface area contributed by atoms with Crippen LogP contribution in [0.2, 0.25) is 0 Å². The molecule has 1 saturated heterocycles. The molecule has 0 spiro atoms. The van der Waals surface area contributed by atoms with E-state index in [9.17, 15) is 0 Å². The molecule has 3 heterocycles. The number of quaternary nitrogens is 1. The topological polar surface area (TPSA) is 47.0 Å². The molecule has 1 aliphatic rings. The first-order chi connectivity index (χ1) is 14.1. The fourth-order valence-corrected chi connectivity index (χ4v) is 5.50. The van der Waals surface area contributed by atoms with Gasteiger partial charge in [-0.3, -0.25) is 0 Å². The van der Waals surface area contributed by atoms with Crippen molar-refractivity contribution in [2.75, 3.05) is 33.3 Å². The summed E-state index contributed by atoms with van der Waals surface area (Å²) < 4.78 is 7.07. The zero-order chi connectivity index (χ0) is 20.5. The second-order valence-electron chi connectivity index (χ2n) is 8.48. The molecule has 0 aromatic carbocycles. The summed E-state index contributed by atoms with van der Waals surface area (Å²) in [6.07, 6.45) is 7.41. The number of unbranched alkanes of at least 4 members (excludes halogenated alkanes) is 2. The summed E-state index contributed by atoms with van der Waals surface area (Å²) in [5.74, 6) is 0. The van der Waals surface area contributed by atoms with Crippen LogP contribution in [0.15, 0.2) is 10.8 Å². The normalized spacial score (nSPS) is 22.2. The third-order valence-corrected chi connectivity index (χ3v) is 7.45. The second-order valence-corrected chi connectivity index (χ2v) is 10.4. The standard InChI is InChI=1S/C22H37N4OS2/c1-4-6-8-21-24-18(16-28-21)12-23-13-20-15-26(3,10-11-27-20)14-19-17-29-22(25-19)9-7-5-2/h16-17,20,23H,4-15H2,1-3H3/q+1/t20-,26-/m1/s1. The Morgan fingerprint density at radius 1 is 1.07 bits per heavy atom. The molecule has 7 heteroatoms. The van der Waals surface area contributed by atoms with Gasteiger partial charge in [0.25, 0.3) is 0 Å². The summed E-state index contributed by atoms with van der Waals surface area (Å²) >= 11 is 3.62. The number of hydrogen-bond donors (Lipinski definition) is 1. The largest absolute Gasteiger partial charge is 0.365 e. The fourth-order valence-electron chi connectivity index (χ4n) is 3.83. The highest BCUT2D eigenvalue weighted by molar-refractivity contribution is 7.09. The highest BCUT2D eigenvalue weighted by atomic mass is 32.1. The van der Waals surface area contributed by atoms with E-state index in [1.807, 2.05) is 11.3 Å². The Hall–Kier alpha value is -0.860. The van der Waals surface area contributed by atoms with Crippen LogP contribution in [0, 0.1) is 0 Å². The minimum Gasteiger partial charge on any atom is -0.365 e. The predicted molar refractivity (Wildman–Crippen MR) is 123 cm³/mol. The van der Waals surface area contributed by atoms with Crippen LogP contribution in [0.3, 0.4) is 0 Å². The van der Waals surface area contributed by atoms with Crippen LogP contribution in [0.5, 0.6) is 0 Å². The summed E-state index contributed by atoms with van der Waals surface area (Å²) in [7, 11) is 2.35. The SMILES string of the molecule is CCCCc1nc(CNC[C@@H]2C[N@@+](C)(Cc3csc(CCCC)n3)CCO2)cs1. The number of aryl methyl sites for hydroxylation is 2. The number of nitrogens with one attached hydrogen (secondary N) is 1. The fraction of sp³-hybridized carbons (Fsp3) is 0.727. The highest BCUT2D eigenvalue weighted by Crippen LogP contribution is 2.20. The molecule has 2 atom stereocenters. The molecule has 1 N–H and O–H groups in total. The van der Waals surface area contributed by atoms with Crippen molar-refractivity contribution < 1.29 is 9.22 Å². The quantitative estimate of drug-likeness (QED) is 0.499. The van der Waals surface area contributed by atoms with Crippen molar-refractivity contribution in [3.63, 3.8) is 0 Å². The number of hydrogen-bond acceptors (Lipinski definition) is 6. The molecule has 0 aliphatic carbocycles. The molecule has 5 nitrogen and oxygen atoms in total. The lowest BCUT2D eigenvalue weighted by atomic mass is 10.2. The van der Waals surface area contributed by atoms with Crippen molar-refractivity contribution in [1.29, 1.82) is 0 Å². The van der Waals surface area contributed by atoms with E-state index in [1.54, 1.807) is 11.3 Å². The maximum absolute atomic E-state index is 6.05. The van der Waals surface area contributed by atoms with Gasteiger partial charge in [-0.2, -0.15) is 0 Å². The van der Waals surface area contributed by atoms with Gasteiger partial charge in [-0.1, -0.05) is 26.7 Å². The van der Waals surface area contributed by atoms with Crippen molar-refractivity contribution in [1.82, 2.24) is 15.3 Å². The molecular formula is C22H37N4OS2+. The minimum atomic E-state index is 0.255. The molecule has 162 valence electrons. The molecule has 0 bridgehead atoms. The molecule has 3 rings (SSSR count). The molecule has 2 aromatic heterocycles. The van der Waals surface area contributed by atoms with Crippen LogP contribution in [0.1, 0.15) is 60.9 Å². The Morgan fingerprint density at radius 2 is 1.72 bits per heavy atom. The summed E-state index contributed by atoms with van der Waals surface area (Å²) in [5.41, 5.74) is 2.41. The molecule has 0 amide bonds. The number of morpholine rings is 1. The second kappa shape index (κ2) is 11.5. The Morgan fingerprint density at radius 3 is 2.41 bits per heavy atom. The maximum atomic E-state index is 6.05. The Bertz CT molecular complexity index is 732. The van der Waals surface area contributed by atoms with E-state index < -0.39 is 0 Å². The van der Waals surface area contributed by atoms with Crippen molar-refractivity contribution in [2.24, 2.45) is 0 Å². The first kappa shape index (κ1) is 22.8. The van der Waals surface area contributed by atoms with Gasteiger partial charge >= 0.3 is 0 Å². The van der Waals surface area contributed by atoms with E-state index in [0.717, 1.165) is 62.3 Å². The first-order valence-corrected chi connectivity index (χ1v) is 12.9. The average molecular weight is 438 g/mol. The molecule has 29 heavy (non-hydrogen) atoms. The van der Waals surface area contributed by atoms with E-state index in [-0.39, 0.29) is 6.10 Å². The summed E-state index contributed by atoms with van der Waals surface area (Å²) in [5, 5.41) is 10.6. The third-order valence-electron chi connectivity index (χ3n) is 5.54. The van der Waals surface area contributed by atoms with Gasteiger partial charge < -0.3 is 14.5 Å². The van der Waals surface area contributed by atoms with Crippen molar-refractivity contribution in [2.45, 2.75) is 71.6 Å². The van der Waals surface area contributed by atoms with Crippen LogP contribution in [-0.2, 0) is 30.7 Å². The van der Waals surface area contributed by atoms with Gasteiger partial charge in [-0.15, -0.1) is 22.7 Å². The molecule has 2 aromatic rings. The van der Waals surface area contributed by atoms with E-state index >= 15 is 0 Å². The average Bonchev–Trinajstić information content (AvgIpc) is 3.34. The lowest BCUT2D eigenvalue weighted by Crippen LogP contribution is -2.56. The summed E-state index contributed by atoms with van der Waals surface area (Å²) in [6.45, 7) is 10.1. The van der Waals surface area contributed by atoms with Crippen LogP contribution < -0.4 is 5.32 Å². The van der Waals surface area contributed by atoms with Gasteiger partial charge in [0, 0.05) is 23.8 Å². The van der Waals surface area contributed by atoms with E-state index in [1.165, 1.54) is 41.4 Å². The van der Waals surface area contributed by atoms with Gasteiger partial charge in [-0.25, -0.2) is 9.97 Å². The van der Waals surface area contributed by atoms with Crippen molar-refractivity contribution in [3.05, 3.63) is 32.2 Å². The van der Waals surface area contributed by atoms with Gasteiger partial charge in [0.2, 0.25) is 0 Å². The monoisotopic (exact) mass is 437 g/mol. The number of likely N-dealkylation sites (N-methyl/N-ethyl adjacent to an activating group) is 1. The molecular weight excluding hydrogens is 400 g/mol. The highest BCUT2D eigenvalue weighted by Gasteiger charge is 2.32. The van der Waals surface area contributed by atoms with Crippen LogP contribution in [-0.4, -0.2) is 53.8 Å². The summed E-state index contributed by atoms with van der Waals surface area (Å²) in [6, 6.07) is 0. The van der Waals surface area contributed by atoms with Crippen molar-refractivity contribution in [3.8, 4) is 0 Å². The number of thiazole rings is 2. The lowest BCUT2D eigenvalue weighted by Gasteiger charge is -2.40. The van der Waals surface area contributed by atoms with Gasteiger partial charge in [0.15, 0.2) is 0 Å².